The van der Waals surface area contributed by atoms with Crippen LogP contribution in [0.4, 0.5) is 0 Å². The third kappa shape index (κ3) is 7.45. The monoisotopic (exact) mass is 378 g/mol. The van der Waals surface area contributed by atoms with Gasteiger partial charge >= 0.3 is 10.4 Å². The molecule has 0 aromatic heterocycles. The van der Waals surface area contributed by atoms with Gasteiger partial charge in [-0.25, -0.2) is 4.18 Å². The fraction of sp³-hybridized carbons (Fsp3) is 0.400. The van der Waals surface area contributed by atoms with E-state index in [0.717, 1.165) is 12.8 Å². The summed E-state index contributed by atoms with van der Waals surface area (Å²) < 4.78 is 39.8. The van der Waals surface area contributed by atoms with Crippen LogP contribution in [0.1, 0.15) is 45.4 Å². The van der Waals surface area contributed by atoms with Crippen LogP contribution >= 0.6 is 0 Å². The van der Waals surface area contributed by atoms with Crippen LogP contribution in [0.3, 0.4) is 0 Å². The molecule has 0 heterocycles. The van der Waals surface area contributed by atoms with Gasteiger partial charge in [-0.3, -0.25) is 0 Å². The Labute approximate surface area is 156 Å². The van der Waals surface area contributed by atoms with E-state index in [9.17, 15) is 8.42 Å². The van der Waals surface area contributed by atoms with Gasteiger partial charge in [0, 0.05) is 0 Å². The SMILES string of the molecule is CCCCCCCCOS(=O)(=O)Oc1ccccc1Oc1ccccc1. The van der Waals surface area contributed by atoms with Crippen molar-refractivity contribution in [3.63, 3.8) is 0 Å². The van der Waals surface area contributed by atoms with Gasteiger partial charge in [0.25, 0.3) is 0 Å². The van der Waals surface area contributed by atoms with Crippen LogP contribution in [0.15, 0.2) is 54.6 Å². The minimum Gasteiger partial charge on any atom is -0.453 e. The lowest BCUT2D eigenvalue weighted by atomic mass is 10.1. The molecule has 0 aliphatic rings. The lowest BCUT2D eigenvalue weighted by Gasteiger charge is -2.12. The van der Waals surface area contributed by atoms with Gasteiger partial charge in [-0.05, 0) is 30.7 Å². The van der Waals surface area contributed by atoms with E-state index in [-0.39, 0.29) is 12.4 Å². The highest BCUT2D eigenvalue weighted by molar-refractivity contribution is 7.82. The summed E-state index contributed by atoms with van der Waals surface area (Å²) in [4.78, 5) is 0. The molecule has 0 saturated carbocycles. The molecule has 0 fully saturated rings. The smallest absolute Gasteiger partial charge is 0.449 e. The highest BCUT2D eigenvalue weighted by Gasteiger charge is 2.17. The van der Waals surface area contributed by atoms with Crippen molar-refractivity contribution in [1.29, 1.82) is 0 Å². The zero-order valence-electron chi connectivity index (χ0n) is 15.1. The molecule has 5 nitrogen and oxygen atoms in total. The van der Waals surface area contributed by atoms with Gasteiger partial charge in [0.05, 0.1) is 6.61 Å². The van der Waals surface area contributed by atoms with Crippen molar-refractivity contribution >= 4 is 10.4 Å². The highest BCUT2D eigenvalue weighted by atomic mass is 32.3. The van der Waals surface area contributed by atoms with Crippen LogP contribution < -0.4 is 8.92 Å². The highest BCUT2D eigenvalue weighted by Crippen LogP contribution is 2.32. The second-order valence-corrected chi connectivity index (χ2v) is 7.16. The van der Waals surface area contributed by atoms with Crippen LogP contribution in [-0.2, 0) is 14.6 Å². The fourth-order valence-electron chi connectivity index (χ4n) is 2.40. The minimum absolute atomic E-state index is 0.0966. The van der Waals surface area contributed by atoms with E-state index < -0.39 is 10.4 Å². The van der Waals surface area contributed by atoms with E-state index in [0.29, 0.717) is 17.9 Å². The Kier molecular flexibility index (Phi) is 8.44. The quantitative estimate of drug-likeness (QED) is 0.458. The summed E-state index contributed by atoms with van der Waals surface area (Å²) in [6, 6.07) is 15.7. The number of rotatable bonds is 12. The number of para-hydroxylation sites is 3. The summed E-state index contributed by atoms with van der Waals surface area (Å²) in [6.45, 7) is 2.28. The summed E-state index contributed by atoms with van der Waals surface area (Å²) in [5.74, 6) is 0.999. The first-order valence-corrected chi connectivity index (χ1v) is 10.3. The van der Waals surface area contributed by atoms with E-state index in [1.807, 2.05) is 18.2 Å². The normalized spacial score (nSPS) is 11.3. The molecule has 0 N–H and O–H groups in total. The standard InChI is InChI=1S/C20H26O5S/c1-2-3-4-5-6-12-17-23-26(21,22)25-20-16-11-10-15-19(20)24-18-13-8-7-9-14-18/h7-11,13-16H,2-6,12,17H2,1H3. The molecule has 6 heteroatoms. The summed E-state index contributed by atoms with van der Waals surface area (Å²) in [5.41, 5.74) is 0. The van der Waals surface area contributed by atoms with Crippen LogP contribution in [-0.4, -0.2) is 15.0 Å². The van der Waals surface area contributed by atoms with Gasteiger partial charge in [0.15, 0.2) is 11.5 Å². The predicted molar refractivity (Wildman–Crippen MR) is 102 cm³/mol. The Balaban J connectivity index is 1.87. The fourth-order valence-corrected chi connectivity index (χ4v) is 3.12. The van der Waals surface area contributed by atoms with Crippen LogP contribution in [0.25, 0.3) is 0 Å². The molecule has 0 spiro atoms. The Hall–Kier alpha value is -2.05. The van der Waals surface area contributed by atoms with Gasteiger partial charge in [0.2, 0.25) is 0 Å². The van der Waals surface area contributed by atoms with E-state index in [1.165, 1.54) is 25.3 Å². The minimum atomic E-state index is -4.13. The van der Waals surface area contributed by atoms with Crippen molar-refractivity contribution in [2.45, 2.75) is 45.4 Å². The molecule has 0 atom stereocenters. The lowest BCUT2D eigenvalue weighted by molar-refractivity contribution is 0.263. The Morgan fingerprint density at radius 1 is 0.769 bits per heavy atom. The molecule has 0 radical (unpaired) electrons. The van der Waals surface area contributed by atoms with Gasteiger partial charge in [0.1, 0.15) is 5.75 Å². The van der Waals surface area contributed by atoms with E-state index in [2.05, 4.69) is 6.92 Å². The molecule has 0 aliphatic carbocycles. The predicted octanol–water partition coefficient (Wildman–Crippen LogP) is 5.48. The van der Waals surface area contributed by atoms with Crippen molar-refractivity contribution < 1.29 is 21.5 Å². The molecule has 2 aromatic carbocycles. The van der Waals surface area contributed by atoms with Crippen molar-refractivity contribution in [3.8, 4) is 17.2 Å². The van der Waals surface area contributed by atoms with E-state index in [4.69, 9.17) is 13.1 Å². The maximum Gasteiger partial charge on any atom is 0.449 e. The number of hydrogen-bond acceptors (Lipinski definition) is 5. The zero-order chi connectivity index (χ0) is 18.7. The topological polar surface area (TPSA) is 61.8 Å². The van der Waals surface area contributed by atoms with Gasteiger partial charge in [-0.1, -0.05) is 69.4 Å². The molecule has 0 saturated heterocycles. The Morgan fingerprint density at radius 3 is 2.12 bits per heavy atom. The first-order valence-electron chi connectivity index (χ1n) is 9.01. The maximum atomic E-state index is 12.0. The van der Waals surface area contributed by atoms with Crippen molar-refractivity contribution in [3.05, 3.63) is 54.6 Å². The first-order chi connectivity index (χ1) is 12.6. The van der Waals surface area contributed by atoms with Crippen LogP contribution in [0, 0.1) is 0 Å². The molecule has 0 bridgehead atoms. The second-order valence-electron chi connectivity index (χ2n) is 5.94. The second kappa shape index (κ2) is 10.8. The average molecular weight is 378 g/mol. The Morgan fingerprint density at radius 2 is 1.38 bits per heavy atom. The summed E-state index contributed by atoms with van der Waals surface area (Å²) in [5, 5.41) is 0. The number of benzene rings is 2. The number of hydrogen-bond donors (Lipinski definition) is 0. The molecule has 142 valence electrons. The third-order valence-corrected chi connectivity index (χ3v) is 4.58. The molecular weight excluding hydrogens is 352 g/mol. The summed E-state index contributed by atoms with van der Waals surface area (Å²) >= 11 is 0. The lowest BCUT2D eigenvalue weighted by Crippen LogP contribution is -2.14. The van der Waals surface area contributed by atoms with E-state index >= 15 is 0 Å². The average Bonchev–Trinajstić information content (AvgIpc) is 2.63. The molecule has 0 unspecified atom stereocenters. The van der Waals surface area contributed by atoms with Crippen LogP contribution in [0.2, 0.25) is 0 Å². The van der Waals surface area contributed by atoms with Crippen molar-refractivity contribution in [2.24, 2.45) is 0 Å². The van der Waals surface area contributed by atoms with Gasteiger partial charge in [-0.2, -0.15) is 8.42 Å². The molecule has 0 amide bonds. The van der Waals surface area contributed by atoms with E-state index in [1.54, 1.807) is 30.3 Å². The largest absolute Gasteiger partial charge is 0.453 e. The summed E-state index contributed by atoms with van der Waals surface area (Å²) in [7, 11) is -4.13. The molecule has 26 heavy (non-hydrogen) atoms. The molecule has 2 rings (SSSR count). The first kappa shape index (κ1) is 20.3. The van der Waals surface area contributed by atoms with Gasteiger partial charge in [-0.15, -0.1) is 0 Å². The molecule has 2 aromatic rings. The number of ether oxygens (including phenoxy) is 1. The van der Waals surface area contributed by atoms with Crippen molar-refractivity contribution in [2.75, 3.05) is 6.61 Å². The van der Waals surface area contributed by atoms with Crippen LogP contribution in [0.5, 0.6) is 17.2 Å². The maximum absolute atomic E-state index is 12.0. The zero-order valence-corrected chi connectivity index (χ0v) is 15.9. The third-order valence-electron chi connectivity index (χ3n) is 3.74. The van der Waals surface area contributed by atoms with Crippen molar-refractivity contribution in [1.82, 2.24) is 0 Å². The summed E-state index contributed by atoms with van der Waals surface area (Å²) in [6.07, 6.45) is 6.29. The molecular formula is C20H26O5S. The Bertz CT molecular complexity index is 744. The van der Waals surface area contributed by atoms with Gasteiger partial charge < -0.3 is 8.92 Å². The number of unbranched alkanes of at least 4 members (excludes halogenated alkanes) is 5. The molecule has 0 aliphatic heterocycles.